The van der Waals surface area contributed by atoms with Crippen molar-refractivity contribution in [2.75, 3.05) is 0 Å². The fourth-order valence-corrected chi connectivity index (χ4v) is 2.66. The molecule has 0 radical (unpaired) electrons. The van der Waals surface area contributed by atoms with Crippen LogP contribution in [0.15, 0.2) is 40.2 Å². The second-order valence-corrected chi connectivity index (χ2v) is 6.66. The summed E-state index contributed by atoms with van der Waals surface area (Å²) in [6.45, 7) is 10.6. The van der Waals surface area contributed by atoms with Gasteiger partial charge in [-0.15, -0.1) is 5.73 Å². The van der Waals surface area contributed by atoms with Crippen LogP contribution in [0.5, 0.6) is 0 Å². The van der Waals surface area contributed by atoms with E-state index in [1.807, 2.05) is 0 Å². The maximum absolute atomic E-state index is 12.5. The number of allylic oxidation sites excluding steroid dienone is 5. The van der Waals surface area contributed by atoms with Crippen molar-refractivity contribution in [3.8, 4) is 0 Å². The smallest absolute Gasteiger partial charge is 0.159 e. The third kappa shape index (κ3) is 6.78. The molecule has 1 aliphatic carbocycles. The van der Waals surface area contributed by atoms with Gasteiger partial charge < -0.3 is 0 Å². The highest BCUT2D eigenvalue weighted by molar-refractivity contribution is 5.96. The molecule has 1 unspecified atom stereocenters. The van der Waals surface area contributed by atoms with Crippen LogP contribution < -0.4 is 0 Å². The third-order valence-electron chi connectivity index (χ3n) is 4.12. The second kappa shape index (κ2) is 8.85. The van der Waals surface area contributed by atoms with Gasteiger partial charge in [0.25, 0.3) is 0 Å². The van der Waals surface area contributed by atoms with Crippen LogP contribution in [-0.2, 0) is 4.79 Å². The fourth-order valence-electron chi connectivity index (χ4n) is 2.66. The van der Waals surface area contributed by atoms with E-state index in [4.69, 9.17) is 0 Å². The minimum atomic E-state index is 0.335. The average molecular weight is 286 g/mol. The minimum Gasteiger partial charge on any atom is -0.295 e. The topological polar surface area (TPSA) is 17.1 Å². The highest BCUT2D eigenvalue weighted by atomic mass is 16.1. The van der Waals surface area contributed by atoms with Crippen molar-refractivity contribution in [2.45, 2.75) is 73.1 Å². The molecule has 0 N–H and O–H groups in total. The molecule has 1 atom stereocenters. The van der Waals surface area contributed by atoms with E-state index in [2.05, 4.69) is 52.5 Å². The first-order valence-corrected chi connectivity index (χ1v) is 8.16. The van der Waals surface area contributed by atoms with Crippen LogP contribution in [0, 0.1) is 5.92 Å². The summed E-state index contributed by atoms with van der Waals surface area (Å²) in [7, 11) is 0. The molecule has 0 fully saturated rings. The lowest BCUT2D eigenvalue weighted by molar-refractivity contribution is -0.116. The highest BCUT2D eigenvalue weighted by Gasteiger charge is 2.14. The molecule has 116 valence electrons. The molecule has 0 heterocycles. The first kappa shape index (κ1) is 17.7. The zero-order chi connectivity index (χ0) is 15.8. The number of ketones is 1. The van der Waals surface area contributed by atoms with E-state index in [0.717, 1.165) is 37.7 Å². The summed E-state index contributed by atoms with van der Waals surface area (Å²) >= 11 is 0. The van der Waals surface area contributed by atoms with Crippen molar-refractivity contribution in [2.24, 2.45) is 5.92 Å². The van der Waals surface area contributed by atoms with Gasteiger partial charge in [0.05, 0.1) is 0 Å². The van der Waals surface area contributed by atoms with Crippen LogP contribution in [0.1, 0.15) is 73.1 Å². The third-order valence-corrected chi connectivity index (χ3v) is 4.12. The molecule has 0 aliphatic heterocycles. The van der Waals surface area contributed by atoms with Gasteiger partial charge in [0.1, 0.15) is 0 Å². The monoisotopic (exact) mass is 286 g/mol. The summed E-state index contributed by atoms with van der Waals surface area (Å²) in [5.41, 5.74) is 8.29. The minimum absolute atomic E-state index is 0.335. The van der Waals surface area contributed by atoms with E-state index >= 15 is 0 Å². The molecule has 0 aromatic heterocycles. The Morgan fingerprint density at radius 3 is 2.57 bits per heavy atom. The highest BCUT2D eigenvalue weighted by Crippen LogP contribution is 2.21. The summed E-state index contributed by atoms with van der Waals surface area (Å²) in [4.78, 5) is 12.5. The molecule has 0 saturated heterocycles. The van der Waals surface area contributed by atoms with Crippen molar-refractivity contribution in [1.29, 1.82) is 0 Å². The molecule has 1 heteroatoms. The molecule has 0 saturated carbocycles. The van der Waals surface area contributed by atoms with Gasteiger partial charge in [-0.05, 0) is 82.9 Å². The molecule has 0 spiro atoms. The van der Waals surface area contributed by atoms with E-state index < -0.39 is 0 Å². The Labute approximate surface area is 130 Å². The standard InChI is InChI=1S/C20H30O/c1-15(2)19-13-12-17(4)10-6-8-16(3)9-7-11-18(5)14-20(19)21/h7,10,18H,6,8,11-14H2,1-5H3/b17-10-. The summed E-state index contributed by atoms with van der Waals surface area (Å²) in [5.74, 6) is 0.730. The second-order valence-electron chi connectivity index (χ2n) is 6.66. The van der Waals surface area contributed by atoms with Crippen LogP contribution in [0.3, 0.4) is 0 Å². The van der Waals surface area contributed by atoms with Gasteiger partial charge in [-0.1, -0.05) is 24.1 Å². The van der Waals surface area contributed by atoms with E-state index in [1.165, 1.54) is 16.7 Å². The number of carbonyl (C=O) groups is 1. The van der Waals surface area contributed by atoms with Crippen molar-refractivity contribution < 1.29 is 4.79 Å². The molecule has 21 heavy (non-hydrogen) atoms. The molecule has 1 aliphatic rings. The first-order chi connectivity index (χ1) is 9.90. The lowest BCUT2D eigenvalue weighted by Gasteiger charge is -2.13. The Balaban J connectivity index is 2.96. The molecule has 0 aromatic carbocycles. The zero-order valence-corrected chi connectivity index (χ0v) is 14.4. The van der Waals surface area contributed by atoms with Crippen molar-refractivity contribution >= 4 is 5.78 Å². The Kier molecular flexibility index (Phi) is 7.47. The number of carbonyl (C=O) groups excluding carboxylic acids is 1. The molecule has 1 nitrogen and oxygen atoms in total. The largest absolute Gasteiger partial charge is 0.295 e. The summed E-state index contributed by atoms with van der Waals surface area (Å²) in [6, 6.07) is 0. The van der Waals surface area contributed by atoms with Crippen molar-refractivity contribution in [3.05, 3.63) is 40.2 Å². The molecule has 1 rings (SSSR count). The Hall–Kier alpha value is -1.33. The molecular formula is C20H30O. The van der Waals surface area contributed by atoms with E-state index in [-0.39, 0.29) is 0 Å². The van der Waals surface area contributed by atoms with Crippen LogP contribution in [-0.4, -0.2) is 5.78 Å². The maximum Gasteiger partial charge on any atom is 0.159 e. The first-order valence-electron chi connectivity index (χ1n) is 8.16. The van der Waals surface area contributed by atoms with Crippen LogP contribution in [0.4, 0.5) is 0 Å². The quantitative estimate of drug-likeness (QED) is 0.306. The van der Waals surface area contributed by atoms with Gasteiger partial charge in [0.2, 0.25) is 0 Å². The van der Waals surface area contributed by atoms with Gasteiger partial charge in [0.15, 0.2) is 5.78 Å². The van der Waals surface area contributed by atoms with Gasteiger partial charge in [-0.25, -0.2) is 0 Å². The molecule has 0 amide bonds. The van der Waals surface area contributed by atoms with Gasteiger partial charge in [0, 0.05) is 6.42 Å². The number of hydrogen-bond acceptors (Lipinski definition) is 1. The van der Waals surface area contributed by atoms with Gasteiger partial charge in [-0.2, -0.15) is 0 Å². The lowest BCUT2D eigenvalue weighted by Crippen LogP contribution is -2.09. The normalized spacial score (nSPS) is 24.9. The lowest BCUT2D eigenvalue weighted by atomic mass is 9.91. The van der Waals surface area contributed by atoms with E-state index in [9.17, 15) is 4.79 Å². The van der Waals surface area contributed by atoms with Crippen molar-refractivity contribution in [1.82, 2.24) is 0 Å². The zero-order valence-electron chi connectivity index (χ0n) is 14.4. The summed E-state index contributed by atoms with van der Waals surface area (Å²) in [5, 5.41) is 0. The average Bonchev–Trinajstić information content (AvgIpc) is 2.37. The Bertz CT molecular complexity index is 492. The van der Waals surface area contributed by atoms with Crippen molar-refractivity contribution in [3.63, 3.8) is 0 Å². The van der Waals surface area contributed by atoms with Crippen LogP contribution in [0.25, 0.3) is 0 Å². The Morgan fingerprint density at radius 1 is 1.19 bits per heavy atom. The van der Waals surface area contributed by atoms with Gasteiger partial charge in [-0.3, -0.25) is 4.79 Å². The Morgan fingerprint density at radius 2 is 1.90 bits per heavy atom. The van der Waals surface area contributed by atoms with Gasteiger partial charge >= 0.3 is 0 Å². The summed E-state index contributed by atoms with van der Waals surface area (Å²) < 4.78 is 0. The van der Waals surface area contributed by atoms with Crippen LogP contribution in [0.2, 0.25) is 0 Å². The van der Waals surface area contributed by atoms with E-state index in [1.54, 1.807) is 0 Å². The van der Waals surface area contributed by atoms with E-state index in [0.29, 0.717) is 18.1 Å². The molecular weight excluding hydrogens is 256 g/mol. The fraction of sp³-hybridized carbons (Fsp3) is 0.600. The predicted molar refractivity (Wildman–Crippen MR) is 91.3 cm³/mol. The molecule has 0 aromatic rings. The number of hydrogen-bond donors (Lipinski definition) is 0. The predicted octanol–water partition coefficient (Wildman–Crippen LogP) is 5.93. The SMILES string of the molecule is CC1=C=CCC(C)CC(=O)C(=C(C)C)CC/C(C)=C\CC1. The molecule has 0 bridgehead atoms. The number of rotatable bonds is 0. The summed E-state index contributed by atoms with van der Waals surface area (Å²) in [6.07, 6.45) is 10.1. The number of Topliss-reactive ketones (excluding diaryl/α,β-unsaturated/α-hetero) is 1. The van der Waals surface area contributed by atoms with Crippen LogP contribution >= 0.6 is 0 Å². The maximum atomic E-state index is 12.5.